The van der Waals surface area contributed by atoms with Gasteiger partial charge < -0.3 is 15.7 Å². The van der Waals surface area contributed by atoms with Gasteiger partial charge >= 0.3 is 12.0 Å². The second-order valence-corrected chi connectivity index (χ2v) is 8.88. The van der Waals surface area contributed by atoms with Crippen molar-refractivity contribution in [1.29, 1.82) is 0 Å². The molecule has 4 N–H and O–H groups in total. The Kier molecular flexibility index (Phi) is 9.42. The maximum Gasteiger partial charge on any atom is 0.319 e. The summed E-state index contributed by atoms with van der Waals surface area (Å²) in [6.07, 6.45) is 1.87. The Labute approximate surface area is 194 Å². The number of benzene rings is 2. The Morgan fingerprint density at radius 3 is 2.21 bits per heavy atom. The van der Waals surface area contributed by atoms with E-state index in [0.717, 1.165) is 5.56 Å². The standard InChI is InChI=1S/C25H32N3O5/c1-25(2,3)18-14-16-19(17-15-18)26-24(32)27-21(12-8-5-9-13-22(29)30)23(31)28(33)20-10-6-4-7-11-20/h6-7,10-11,14-17,21,33H,5,8-9,12-13H2,1-3H3,(H,29,30)(H2,26,27,32)/t21-/m0/s1. The Morgan fingerprint density at radius 2 is 1.64 bits per heavy atom. The molecule has 2 aromatic rings. The van der Waals surface area contributed by atoms with Gasteiger partial charge in [-0.3, -0.25) is 14.8 Å². The largest absolute Gasteiger partial charge is 0.481 e. The molecule has 177 valence electrons. The van der Waals surface area contributed by atoms with Crippen molar-refractivity contribution in [2.45, 2.75) is 64.3 Å². The minimum absolute atomic E-state index is 0.0152. The summed E-state index contributed by atoms with van der Waals surface area (Å²) in [6, 6.07) is 14.9. The topological polar surface area (TPSA) is 119 Å². The number of carbonyl (C=O) groups is 3. The highest BCUT2D eigenvalue weighted by molar-refractivity contribution is 5.99. The first-order valence-electron chi connectivity index (χ1n) is 11.0. The number of anilines is 2. The number of hydrogen-bond donors (Lipinski definition) is 4. The SMILES string of the molecule is CC(C)(C)c1ccc(NC(=O)N[C@@H](CCCCCC(=O)O)C(=O)N(O)c2cc[c]cc2)cc1. The van der Waals surface area contributed by atoms with Crippen LogP contribution in [-0.4, -0.2) is 34.3 Å². The highest BCUT2D eigenvalue weighted by Crippen LogP contribution is 2.23. The van der Waals surface area contributed by atoms with Gasteiger partial charge in [-0.05, 0) is 54.2 Å². The van der Waals surface area contributed by atoms with Crippen molar-refractivity contribution < 1.29 is 24.7 Å². The molecule has 0 saturated heterocycles. The van der Waals surface area contributed by atoms with Crippen LogP contribution in [0.2, 0.25) is 0 Å². The molecule has 0 aliphatic carbocycles. The van der Waals surface area contributed by atoms with E-state index in [-0.39, 0.29) is 23.9 Å². The van der Waals surface area contributed by atoms with Gasteiger partial charge in [0.05, 0.1) is 5.69 Å². The highest BCUT2D eigenvalue weighted by atomic mass is 16.5. The first kappa shape index (κ1) is 25.9. The van der Waals surface area contributed by atoms with Crippen molar-refractivity contribution in [3.05, 3.63) is 60.2 Å². The van der Waals surface area contributed by atoms with E-state index < -0.39 is 23.9 Å². The normalized spacial score (nSPS) is 12.0. The molecule has 1 radical (unpaired) electrons. The Morgan fingerprint density at radius 1 is 1.00 bits per heavy atom. The molecule has 1 atom stereocenters. The van der Waals surface area contributed by atoms with Gasteiger partial charge in [-0.1, -0.05) is 57.9 Å². The van der Waals surface area contributed by atoms with Gasteiger partial charge in [0.15, 0.2) is 0 Å². The van der Waals surface area contributed by atoms with Crippen molar-refractivity contribution in [3.63, 3.8) is 0 Å². The summed E-state index contributed by atoms with van der Waals surface area (Å²) in [7, 11) is 0. The third-order valence-electron chi connectivity index (χ3n) is 5.15. The van der Waals surface area contributed by atoms with Crippen LogP contribution in [0.5, 0.6) is 0 Å². The zero-order valence-electron chi connectivity index (χ0n) is 19.3. The molecule has 33 heavy (non-hydrogen) atoms. The van der Waals surface area contributed by atoms with Crippen LogP contribution in [0.25, 0.3) is 0 Å². The van der Waals surface area contributed by atoms with Gasteiger partial charge in [0, 0.05) is 12.1 Å². The van der Waals surface area contributed by atoms with Crippen molar-refractivity contribution in [3.8, 4) is 0 Å². The zero-order valence-corrected chi connectivity index (χ0v) is 19.3. The third kappa shape index (κ3) is 8.57. The lowest BCUT2D eigenvalue weighted by Gasteiger charge is -2.23. The van der Waals surface area contributed by atoms with E-state index in [1.807, 2.05) is 12.1 Å². The molecule has 0 aromatic heterocycles. The fourth-order valence-corrected chi connectivity index (χ4v) is 3.23. The van der Waals surface area contributed by atoms with Crippen LogP contribution >= 0.6 is 0 Å². The van der Waals surface area contributed by atoms with Gasteiger partial charge in [-0.25, -0.2) is 4.79 Å². The van der Waals surface area contributed by atoms with Crippen LogP contribution in [0.1, 0.15) is 58.4 Å². The van der Waals surface area contributed by atoms with Crippen LogP contribution in [0.15, 0.2) is 48.5 Å². The lowest BCUT2D eigenvalue weighted by molar-refractivity contribution is -0.137. The predicted octanol–water partition coefficient (Wildman–Crippen LogP) is 4.73. The number of hydrogen-bond acceptors (Lipinski definition) is 4. The Hall–Kier alpha value is -3.39. The minimum atomic E-state index is -0.988. The molecule has 3 amide bonds. The number of unbranched alkanes of at least 4 members (excludes halogenated alkanes) is 2. The second-order valence-electron chi connectivity index (χ2n) is 8.88. The molecule has 0 unspecified atom stereocenters. The molecule has 0 fully saturated rings. The van der Waals surface area contributed by atoms with Gasteiger partial charge in [0.1, 0.15) is 6.04 Å². The molecule has 0 bridgehead atoms. The van der Waals surface area contributed by atoms with Crippen molar-refractivity contribution in [1.82, 2.24) is 5.32 Å². The number of carbonyl (C=O) groups excluding carboxylic acids is 2. The van der Waals surface area contributed by atoms with Crippen LogP contribution in [0, 0.1) is 6.07 Å². The number of rotatable bonds is 10. The second kappa shape index (κ2) is 12.0. The summed E-state index contributed by atoms with van der Waals surface area (Å²) in [5.74, 6) is -1.56. The molecule has 0 heterocycles. The quantitative estimate of drug-likeness (QED) is 0.235. The summed E-state index contributed by atoms with van der Waals surface area (Å²) in [4.78, 5) is 36.2. The molecule has 0 saturated carbocycles. The Bertz CT molecular complexity index is 923. The van der Waals surface area contributed by atoms with Gasteiger partial charge in [0.25, 0.3) is 5.91 Å². The fraction of sp³-hybridized carbons (Fsp3) is 0.400. The lowest BCUT2D eigenvalue weighted by Crippen LogP contribution is -2.49. The number of hydroxylamine groups is 1. The van der Waals surface area contributed by atoms with E-state index >= 15 is 0 Å². The van der Waals surface area contributed by atoms with E-state index in [1.165, 1.54) is 12.1 Å². The third-order valence-corrected chi connectivity index (χ3v) is 5.15. The highest BCUT2D eigenvalue weighted by Gasteiger charge is 2.26. The van der Waals surface area contributed by atoms with E-state index in [4.69, 9.17) is 5.11 Å². The maximum atomic E-state index is 12.9. The average molecular weight is 455 g/mol. The number of urea groups is 1. The van der Waals surface area contributed by atoms with Crippen LogP contribution in [-0.2, 0) is 15.0 Å². The van der Waals surface area contributed by atoms with Gasteiger partial charge in [-0.15, -0.1) is 0 Å². The summed E-state index contributed by atoms with van der Waals surface area (Å²) < 4.78 is 0. The van der Waals surface area contributed by atoms with Crippen molar-refractivity contribution in [2.75, 3.05) is 10.4 Å². The first-order valence-corrected chi connectivity index (χ1v) is 11.0. The predicted molar refractivity (Wildman–Crippen MR) is 126 cm³/mol. The molecule has 0 spiro atoms. The van der Waals surface area contributed by atoms with E-state index in [9.17, 15) is 19.6 Å². The van der Waals surface area contributed by atoms with E-state index in [2.05, 4.69) is 37.5 Å². The molecule has 8 heteroatoms. The molecular weight excluding hydrogens is 422 g/mol. The molecule has 2 rings (SSSR count). The number of amides is 3. The smallest absolute Gasteiger partial charge is 0.319 e. The van der Waals surface area contributed by atoms with E-state index in [0.29, 0.717) is 30.0 Å². The number of nitrogens with zero attached hydrogens (tertiary/aromatic N) is 1. The van der Waals surface area contributed by atoms with Crippen LogP contribution in [0.3, 0.4) is 0 Å². The lowest BCUT2D eigenvalue weighted by atomic mass is 9.87. The van der Waals surface area contributed by atoms with Crippen LogP contribution < -0.4 is 15.7 Å². The maximum absolute atomic E-state index is 12.9. The number of carboxylic acids is 1. The fourth-order valence-electron chi connectivity index (χ4n) is 3.23. The molecule has 0 aliphatic rings. The molecule has 8 nitrogen and oxygen atoms in total. The molecule has 2 aromatic carbocycles. The average Bonchev–Trinajstić information content (AvgIpc) is 2.77. The number of aliphatic carboxylic acids is 1. The summed E-state index contributed by atoms with van der Waals surface area (Å²) in [6.45, 7) is 6.29. The zero-order chi connectivity index (χ0) is 24.4. The summed E-state index contributed by atoms with van der Waals surface area (Å²) >= 11 is 0. The monoisotopic (exact) mass is 454 g/mol. The summed E-state index contributed by atoms with van der Waals surface area (Å²) in [5, 5.41) is 25.0. The first-order chi connectivity index (χ1) is 15.6. The van der Waals surface area contributed by atoms with E-state index in [1.54, 1.807) is 24.3 Å². The minimum Gasteiger partial charge on any atom is -0.481 e. The summed E-state index contributed by atoms with van der Waals surface area (Å²) in [5.41, 5.74) is 1.94. The molecule has 0 aliphatic heterocycles. The van der Waals surface area contributed by atoms with Crippen molar-refractivity contribution in [2.24, 2.45) is 0 Å². The van der Waals surface area contributed by atoms with Gasteiger partial charge in [0.2, 0.25) is 0 Å². The van der Waals surface area contributed by atoms with Gasteiger partial charge in [-0.2, -0.15) is 5.06 Å². The Balaban J connectivity index is 2.04. The number of nitrogens with one attached hydrogen (secondary N) is 2. The van der Waals surface area contributed by atoms with Crippen LogP contribution in [0.4, 0.5) is 16.2 Å². The van der Waals surface area contributed by atoms with Crippen molar-refractivity contribution >= 4 is 29.3 Å². The number of carboxylic acid groups (broad SMARTS) is 1. The molecular formula is C25H32N3O5.